The summed E-state index contributed by atoms with van der Waals surface area (Å²) in [5, 5.41) is 0. The number of likely N-dealkylation sites (tertiary alicyclic amines) is 1. The third-order valence-electron chi connectivity index (χ3n) is 4.88. The Morgan fingerprint density at radius 2 is 2.08 bits per heavy atom. The van der Waals surface area contributed by atoms with Crippen molar-refractivity contribution in [3.8, 4) is 11.6 Å². The molecule has 1 fully saturated rings. The Bertz CT molecular complexity index is 847. The zero-order valence-electron chi connectivity index (χ0n) is 15.1. The van der Waals surface area contributed by atoms with Crippen LogP contribution in [0.5, 0.6) is 5.75 Å². The van der Waals surface area contributed by atoms with Gasteiger partial charge in [0.25, 0.3) is 0 Å². The number of hydrogen-bond acceptors (Lipinski definition) is 4. The molecule has 1 aromatic carbocycles. The van der Waals surface area contributed by atoms with Crippen LogP contribution in [0.3, 0.4) is 0 Å². The van der Waals surface area contributed by atoms with E-state index in [2.05, 4.69) is 40.2 Å². The van der Waals surface area contributed by atoms with Crippen LogP contribution in [-0.2, 0) is 6.54 Å². The van der Waals surface area contributed by atoms with Crippen molar-refractivity contribution in [1.82, 2.24) is 19.4 Å². The average molecular weight is 348 g/mol. The van der Waals surface area contributed by atoms with Gasteiger partial charge in [0.2, 0.25) is 0 Å². The van der Waals surface area contributed by atoms with Crippen molar-refractivity contribution in [3.05, 3.63) is 72.4 Å². The number of para-hydroxylation sites is 1. The minimum absolute atomic E-state index is 0.341. The van der Waals surface area contributed by atoms with Gasteiger partial charge in [-0.25, -0.2) is 9.97 Å². The van der Waals surface area contributed by atoms with Gasteiger partial charge >= 0.3 is 0 Å². The predicted molar refractivity (Wildman–Crippen MR) is 101 cm³/mol. The first-order valence-corrected chi connectivity index (χ1v) is 9.25. The van der Waals surface area contributed by atoms with Crippen LogP contribution in [0.25, 0.3) is 5.82 Å². The molecule has 0 radical (unpaired) electrons. The lowest BCUT2D eigenvalue weighted by molar-refractivity contribution is 0.238. The lowest BCUT2D eigenvalue weighted by Crippen LogP contribution is -2.24. The summed E-state index contributed by atoms with van der Waals surface area (Å²) >= 11 is 0. The molecule has 0 spiro atoms. The maximum absolute atomic E-state index is 5.80. The molecular weight excluding hydrogens is 324 g/mol. The van der Waals surface area contributed by atoms with Gasteiger partial charge < -0.3 is 4.74 Å². The maximum atomic E-state index is 5.80. The van der Waals surface area contributed by atoms with Crippen molar-refractivity contribution < 1.29 is 4.74 Å². The third-order valence-corrected chi connectivity index (χ3v) is 4.88. The molecule has 3 heterocycles. The highest BCUT2D eigenvalue weighted by Gasteiger charge is 2.28. The van der Waals surface area contributed by atoms with Gasteiger partial charge in [-0.2, -0.15) is 0 Å². The number of nitrogens with zero attached hydrogens (tertiary/aromatic N) is 4. The van der Waals surface area contributed by atoms with E-state index in [9.17, 15) is 0 Å². The smallest absolute Gasteiger partial charge is 0.138 e. The van der Waals surface area contributed by atoms with E-state index in [1.54, 1.807) is 12.5 Å². The number of hydrogen-bond donors (Lipinski definition) is 0. The zero-order valence-corrected chi connectivity index (χ0v) is 15.1. The molecule has 5 nitrogen and oxygen atoms in total. The van der Waals surface area contributed by atoms with Crippen LogP contribution in [0.15, 0.2) is 61.2 Å². The van der Waals surface area contributed by atoms with Gasteiger partial charge in [-0.15, -0.1) is 0 Å². The summed E-state index contributed by atoms with van der Waals surface area (Å²) in [6.07, 6.45) is 7.82. The molecule has 0 bridgehead atoms. The zero-order chi connectivity index (χ0) is 17.8. The molecule has 134 valence electrons. The average Bonchev–Trinajstić information content (AvgIpc) is 3.36. The van der Waals surface area contributed by atoms with E-state index in [1.807, 2.05) is 29.8 Å². The summed E-state index contributed by atoms with van der Waals surface area (Å²) in [5.41, 5.74) is 2.37. The van der Waals surface area contributed by atoms with Crippen LogP contribution >= 0.6 is 0 Å². The van der Waals surface area contributed by atoms with Gasteiger partial charge in [0.15, 0.2) is 0 Å². The van der Waals surface area contributed by atoms with E-state index in [0.717, 1.165) is 36.8 Å². The van der Waals surface area contributed by atoms with Gasteiger partial charge in [-0.05, 0) is 44.5 Å². The molecule has 1 saturated heterocycles. The fourth-order valence-corrected chi connectivity index (χ4v) is 3.66. The second-order valence-corrected chi connectivity index (χ2v) is 6.56. The van der Waals surface area contributed by atoms with Crippen LogP contribution in [-0.4, -0.2) is 32.6 Å². The monoisotopic (exact) mass is 348 g/mol. The number of benzene rings is 1. The minimum Gasteiger partial charge on any atom is -0.494 e. The molecule has 0 amide bonds. The molecule has 1 unspecified atom stereocenters. The summed E-state index contributed by atoms with van der Waals surface area (Å²) < 4.78 is 7.76. The lowest BCUT2D eigenvalue weighted by atomic mass is 10.1. The number of pyridine rings is 1. The standard InChI is InChI=1S/C21H24N4O/c1-2-26-20-10-4-3-7-17(20)15-24-13-6-9-19(24)18-8-5-11-21(23-18)25-14-12-22-16-25/h3-5,7-8,10-12,14,16,19H,2,6,9,13,15H2,1H3. The molecule has 2 aromatic heterocycles. The molecule has 1 aliphatic rings. The van der Waals surface area contributed by atoms with E-state index in [-0.39, 0.29) is 0 Å². The van der Waals surface area contributed by atoms with Crippen LogP contribution in [0.2, 0.25) is 0 Å². The highest BCUT2D eigenvalue weighted by molar-refractivity contribution is 5.34. The molecular formula is C21H24N4O. The van der Waals surface area contributed by atoms with Crippen LogP contribution in [0, 0.1) is 0 Å². The van der Waals surface area contributed by atoms with Crippen molar-refractivity contribution in [2.24, 2.45) is 0 Å². The van der Waals surface area contributed by atoms with Crippen molar-refractivity contribution >= 4 is 0 Å². The van der Waals surface area contributed by atoms with Gasteiger partial charge in [0.05, 0.1) is 18.3 Å². The van der Waals surface area contributed by atoms with Crippen molar-refractivity contribution in [1.29, 1.82) is 0 Å². The summed E-state index contributed by atoms with van der Waals surface area (Å²) in [5.74, 6) is 1.90. The molecule has 1 atom stereocenters. The Morgan fingerprint density at radius 3 is 2.92 bits per heavy atom. The first kappa shape index (κ1) is 16.8. The van der Waals surface area contributed by atoms with E-state index in [1.165, 1.54) is 12.0 Å². The molecule has 0 saturated carbocycles. The van der Waals surface area contributed by atoms with E-state index < -0.39 is 0 Å². The summed E-state index contributed by atoms with van der Waals surface area (Å²) in [6, 6.07) is 14.9. The van der Waals surface area contributed by atoms with Gasteiger partial charge in [0.1, 0.15) is 17.9 Å². The number of imidazole rings is 1. The maximum Gasteiger partial charge on any atom is 0.138 e. The molecule has 0 aliphatic carbocycles. The number of ether oxygens (including phenoxy) is 1. The second-order valence-electron chi connectivity index (χ2n) is 6.56. The Hall–Kier alpha value is -2.66. The topological polar surface area (TPSA) is 43.2 Å². The van der Waals surface area contributed by atoms with Crippen molar-refractivity contribution in [2.45, 2.75) is 32.4 Å². The number of aromatic nitrogens is 3. The highest BCUT2D eigenvalue weighted by Crippen LogP contribution is 2.34. The second kappa shape index (κ2) is 7.70. The van der Waals surface area contributed by atoms with Crippen molar-refractivity contribution in [2.75, 3.05) is 13.2 Å². The van der Waals surface area contributed by atoms with Crippen molar-refractivity contribution in [3.63, 3.8) is 0 Å². The molecule has 3 aromatic rings. The Labute approximate surface area is 154 Å². The first-order chi connectivity index (χ1) is 12.8. The number of rotatable bonds is 6. The molecule has 26 heavy (non-hydrogen) atoms. The minimum atomic E-state index is 0.341. The first-order valence-electron chi connectivity index (χ1n) is 9.25. The molecule has 5 heteroatoms. The lowest BCUT2D eigenvalue weighted by Gasteiger charge is -2.25. The summed E-state index contributed by atoms with van der Waals surface area (Å²) in [4.78, 5) is 11.5. The van der Waals surface area contributed by atoms with Crippen LogP contribution in [0.1, 0.15) is 37.1 Å². The quantitative estimate of drug-likeness (QED) is 0.675. The summed E-state index contributed by atoms with van der Waals surface area (Å²) in [6.45, 7) is 4.69. The SMILES string of the molecule is CCOc1ccccc1CN1CCCC1c1cccc(-n2ccnc2)n1. The fraction of sp³-hybridized carbons (Fsp3) is 0.333. The fourth-order valence-electron chi connectivity index (χ4n) is 3.66. The van der Waals surface area contributed by atoms with Gasteiger partial charge in [0, 0.05) is 24.5 Å². The third kappa shape index (κ3) is 3.48. The Balaban J connectivity index is 1.57. The van der Waals surface area contributed by atoms with Crippen LogP contribution < -0.4 is 4.74 Å². The highest BCUT2D eigenvalue weighted by atomic mass is 16.5. The van der Waals surface area contributed by atoms with Crippen LogP contribution in [0.4, 0.5) is 0 Å². The largest absolute Gasteiger partial charge is 0.494 e. The molecule has 4 rings (SSSR count). The Morgan fingerprint density at radius 1 is 1.15 bits per heavy atom. The Kier molecular flexibility index (Phi) is 4.97. The van der Waals surface area contributed by atoms with Gasteiger partial charge in [-0.1, -0.05) is 24.3 Å². The molecule has 0 N–H and O–H groups in total. The predicted octanol–water partition coefficient (Wildman–Crippen LogP) is 4.00. The normalized spacial score (nSPS) is 17.5. The summed E-state index contributed by atoms with van der Waals surface area (Å²) in [7, 11) is 0. The van der Waals surface area contributed by atoms with E-state index >= 15 is 0 Å². The molecule has 1 aliphatic heterocycles. The van der Waals surface area contributed by atoms with E-state index in [0.29, 0.717) is 12.6 Å². The van der Waals surface area contributed by atoms with E-state index in [4.69, 9.17) is 9.72 Å². The van der Waals surface area contributed by atoms with Gasteiger partial charge in [-0.3, -0.25) is 9.47 Å².